The first-order chi connectivity index (χ1) is 20.8. The molecule has 0 aromatic carbocycles. The van der Waals surface area contributed by atoms with Crippen molar-refractivity contribution in [1.82, 2.24) is 19.9 Å². The predicted octanol–water partition coefficient (Wildman–Crippen LogP) is 5.83. The Balaban J connectivity index is 0.00000461. The number of aromatic nitrogens is 4. The molecule has 2 N–H and O–H groups in total. The van der Waals surface area contributed by atoms with Crippen LogP contribution < -0.4 is 10.2 Å². The van der Waals surface area contributed by atoms with Crippen LogP contribution >= 0.6 is 25.3 Å². The van der Waals surface area contributed by atoms with E-state index in [4.69, 9.17) is 35.2 Å². The van der Waals surface area contributed by atoms with E-state index in [9.17, 15) is 19.8 Å². The standard InChI is InChI=1S/C34H38N4O4S2.Fe/c1-15-21(7-9-31(39)40)27-14-28-22(8-10-32(41)42)16(2)24(36-28)12-29-34(20(6)44)18(4)26(38-29)13-30-33(19(5)43)17(3)25(37-30)11-23(15)35-27;/h11-14,19-20,37-38,43-44H,7-10H2,1-6H3,(H,39,40)(H,41,42);/q;+2/p-2. The number of thiol groups is 2. The van der Waals surface area contributed by atoms with Crippen LogP contribution in [0.5, 0.6) is 0 Å². The molecule has 2 aliphatic heterocycles. The molecule has 2 atom stereocenters. The van der Waals surface area contributed by atoms with Gasteiger partial charge in [0.15, 0.2) is 0 Å². The van der Waals surface area contributed by atoms with Crippen LogP contribution in [0.4, 0.5) is 0 Å². The van der Waals surface area contributed by atoms with Crippen molar-refractivity contribution in [1.29, 1.82) is 0 Å². The molecule has 8 bridgehead atoms. The SMILES string of the molecule is CC1=C(CCC(=O)[O-])c2cc3nc(cc4[nH]c(cc5[nH]c(cc1n2)c(C)c5C(C)S)c(C)c4C(C)S)C(C)=C3CCC(=O)[O-].[Fe+2]. The summed E-state index contributed by atoms with van der Waals surface area (Å²) in [5.41, 5.74) is 13.8. The number of carboxylic acid groups (broad SMARTS) is 2. The summed E-state index contributed by atoms with van der Waals surface area (Å²) >= 11 is 9.61. The van der Waals surface area contributed by atoms with Gasteiger partial charge in [-0.25, -0.2) is 9.97 Å². The van der Waals surface area contributed by atoms with Gasteiger partial charge in [-0.05, 0) is 136 Å². The zero-order chi connectivity index (χ0) is 32.0. The number of hydrogen-bond donors (Lipinski definition) is 4. The molecule has 3 aromatic heterocycles. The fourth-order valence-electron chi connectivity index (χ4n) is 6.31. The van der Waals surface area contributed by atoms with Crippen molar-refractivity contribution in [3.63, 3.8) is 0 Å². The number of fused-ring (bicyclic) bond motifs is 8. The Bertz CT molecular complexity index is 1940. The molecule has 236 valence electrons. The Kier molecular flexibility index (Phi) is 10.5. The first-order valence-electron chi connectivity index (χ1n) is 14.7. The van der Waals surface area contributed by atoms with Gasteiger partial charge in [-0.15, -0.1) is 0 Å². The van der Waals surface area contributed by atoms with Crippen molar-refractivity contribution in [3.8, 4) is 0 Å². The molecule has 2 unspecified atom stereocenters. The van der Waals surface area contributed by atoms with E-state index in [1.54, 1.807) is 0 Å². The first kappa shape index (κ1) is 34.6. The van der Waals surface area contributed by atoms with E-state index in [1.165, 1.54) is 0 Å². The fraction of sp³-hybridized carbons (Fsp3) is 0.353. The Morgan fingerprint density at radius 2 is 1.04 bits per heavy atom. The molecule has 5 heterocycles. The molecule has 0 amide bonds. The molecule has 8 nitrogen and oxygen atoms in total. The van der Waals surface area contributed by atoms with E-state index in [1.807, 2.05) is 45.9 Å². The normalized spacial score (nSPS) is 14.4. The van der Waals surface area contributed by atoms with Crippen LogP contribution in [0.1, 0.15) is 109 Å². The average molecular weight is 685 g/mol. The number of carbonyl (C=O) groups excluding carboxylic acids is 2. The van der Waals surface area contributed by atoms with Gasteiger partial charge in [-0.2, -0.15) is 25.3 Å². The number of rotatable bonds is 8. The third-order valence-corrected chi connectivity index (χ3v) is 9.14. The molecule has 11 heteroatoms. The van der Waals surface area contributed by atoms with Gasteiger partial charge in [-0.1, -0.05) is 0 Å². The summed E-state index contributed by atoms with van der Waals surface area (Å²) in [5, 5.41) is 22.8. The van der Waals surface area contributed by atoms with Gasteiger partial charge in [-0.3, -0.25) is 0 Å². The minimum atomic E-state index is -1.14. The van der Waals surface area contributed by atoms with Crippen LogP contribution in [0.25, 0.3) is 44.4 Å². The number of aryl methyl sites for hydroxylation is 2. The molecule has 0 spiro atoms. The Morgan fingerprint density at radius 1 is 0.667 bits per heavy atom. The molecule has 3 aromatic rings. The van der Waals surface area contributed by atoms with Gasteiger partial charge in [0.1, 0.15) is 0 Å². The van der Waals surface area contributed by atoms with Gasteiger partial charge in [0.25, 0.3) is 0 Å². The van der Waals surface area contributed by atoms with Crippen molar-refractivity contribution in [2.45, 2.75) is 77.7 Å². The van der Waals surface area contributed by atoms with Gasteiger partial charge in [0.05, 0.1) is 22.8 Å². The Hall–Kier alpha value is -3.24. The van der Waals surface area contributed by atoms with Crippen LogP contribution in [0, 0.1) is 13.8 Å². The Labute approximate surface area is 284 Å². The van der Waals surface area contributed by atoms with Crippen LogP contribution in [-0.2, 0) is 26.7 Å². The number of H-pyrrole nitrogens is 2. The van der Waals surface area contributed by atoms with E-state index in [2.05, 4.69) is 29.9 Å². The molecule has 0 saturated heterocycles. The molecule has 45 heavy (non-hydrogen) atoms. The zero-order valence-corrected chi connectivity index (χ0v) is 29.0. The van der Waals surface area contributed by atoms with E-state index in [0.717, 1.165) is 66.6 Å². The van der Waals surface area contributed by atoms with Crippen LogP contribution in [0.15, 0.2) is 24.3 Å². The topological polar surface area (TPSA) is 138 Å². The average Bonchev–Trinajstić information content (AvgIpc) is 3.59. The van der Waals surface area contributed by atoms with Crippen molar-refractivity contribution < 1.29 is 36.9 Å². The summed E-state index contributed by atoms with van der Waals surface area (Å²) in [6.45, 7) is 12.1. The summed E-state index contributed by atoms with van der Waals surface area (Å²) in [4.78, 5) is 40.0. The molecular weight excluding hydrogens is 648 g/mol. The van der Waals surface area contributed by atoms with Crippen molar-refractivity contribution >= 4 is 81.6 Å². The van der Waals surface area contributed by atoms with Crippen molar-refractivity contribution in [2.24, 2.45) is 0 Å². The second-order valence-electron chi connectivity index (χ2n) is 11.6. The van der Waals surface area contributed by atoms with Crippen LogP contribution in [0.2, 0.25) is 0 Å². The van der Waals surface area contributed by atoms with Crippen molar-refractivity contribution in [3.05, 3.63) is 69.3 Å². The molecular formula is C34H36FeN4O4S2. The number of nitrogens with zero attached hydrogens (tertiary/aromatic N) is 2. The minimum absolute atomic E-state index is 0. The van der Waals surface area contributed by atoms with Crippen molar-refractivity contribution in [2.75, 3.05) is 0 Å². The minimum Gasteiger partial charge on any atom is -0.550 e. The van der Waals surface area contributed by atoms with Gasteiger partial charge < -0.3 is 29.8 Å². The van der Waals surface area contributed by atoms with E-state index in [0.29, 0.717) is 22.8 Å². The van der Waals surface area contributed by atoms with Crippen LogP contribution in [0.3, 0.4) is 0 Å². The van der Waals surface area contributed by atoms with Gasteiger partial charge in [0.2, 0.25) is 0 Å². The number of hydrogen-bond acceptors (Lipinski definition) is 8. The van der Waals surface area contributed by atoms with Gasteiger partial charge in [0, 0.05) is 44.5 Å². The summed E-state index contributed by atoms with van der Waals surface area (Å²) in [5.74, 6) is -2.28. The largest absolute Gasteiger partial charge is 2.00 e. The maximum absolute atomic E-state index is 11.5. The Morgan fingerprint density at radius 3 is 1.44 bits per heavy atom. The monoisotopic (exact) mass is 684 g/mol. The predicted molar refractivity (Wildman–Crippen MR) is 179 cm³/mol. The summed E-state index contributed by atoms with van der Waals surface area (Å²) < 4.78 is 0. The van der Waals surface area contributed by atoms with E-state index >= 15 is 0 Å². The quantitative estimate of drug-likeness (QED) is 0.174. The summed E-state index contributed by atoms with van der Waals surface area (Å²) in [6.07, 6.45) is 0.165. The second-order valence-corrected chi connectivity index (χ2v) is 13.2. The number of carboxylic acids is 2. The maximum atomic E-state index is 11.5. The first-order valence-corrected chi connectivity index (χ1v) is 15.7. The molecule has 5 rings (SSSR count). The summed E-state index contributed by atoms with van der Waals surface area (Å²) in [6, 6.07) is 7.91. The number of allylic oxidation sites excluding steroid dienone is 4. The zero-order valence-electron chi connectivity index (χ0n) is 26.1. The van der Waals surface area contributed by atoms with E-state index < -0.39 is 11.9 Å². The number of nitrogens with one attached hydrogen (secondary N) is 2. The molecule has 0 saturated carbocycles. The fourth-order valence-corrected chi connectivity index (χ4v) is 6.97. The third kappa shape index (κ3) is 6.82. The number of aromatic amines is 2. The molecule has 0 aliphatic carbocycles. The smallest absolute Gasteiger partial charge is 0.550 e. The van der Waals surface area contributed by atoms with Crippen LogP contribution in [-0.4, -0.2) is 31.9 Å². The summed E-state index contributed by atoms with van der Waals surface area (Å²) in [7, 11) is 0. The third-order valence-electron chi connectivity index (χ3n) is 8.63. The number of aliphatic carboxylic acids is 2. The molecule has 0 fully saturated rings. The van der Waals surface area contributed by atoms with Gasteiger partial charge >= 0.3 is 17.1 Å². The van der Waals surface area contributed by atoms with E-state index in [-0.39, 0.29) is 53.3 Å². The molecule has 2 aliphatic rings. The molecule has 0 radical (unpaired) electrons. The maximum Gasteiger partial charge on any atom is 2.00 e. The number of carbonyl (C=O) groups is 2. The second kappa shape index (κ2) is 13.6.